The Hall–Kier alpha value is -1.82. The molecule has 2 N–H and O–H groups in total. The van der Waals surface area contributed by atoms with Crippen molar-refractivity contribution in [3.05, 3.63) is 23.2 Å². The van der Waals surface area contributed by atoms with Gasteiger partial charge in [-0.3, -0.25) is 9.59 Å². The molecule has 1 atom stereocenters. The molecule has 1 unspecified atom stereocenters. The van der Waals surface area contributed by atoms with Gasteiger partial charge in [0.1, 0.15) is 11.5 Å². The van der Waals surface area contributed by atoms with Gasteiger partial charge >= 0.3 is 0 Å². The Morgan fingerprint density at radius 2 is 2.00 bits per heavy atom. The third-order valence-corrected chi connectivity index (χ3v) is 5.07. The Kier molecular flexibility index (Phi) is 5.23. The molecule has 1 aromatic rings. The Bertz CT molecular complexity index is 597. The summed E-state index contributed by atoms with van der Waals surface area (Å²) >= 11 is 0. The molecule has 2 saturated heterocycles. The SMILES string of the molecule is Cc1cc(C(=O)NC2CCN(C(=O)C3CCCNC3)CC2)c(C)o1. The van der Waals surface area contributed by atoms with Crippen molar-refractivity contribution in [2.45, 2.75) is 45.6 Å². The summed E-state index contributed by atoms with van der Waals surface area (Å²) in [6.45, 7) is 6.92. The lowest BCUT2D eigenvalue weighted by Gasteiger charge is -2.35. The molecule has 2 amide bonds. The van der Waals surface area contributed by atoms with Gasteiger partial charge in [0.25, 0.3) is 5.91 Å². The van der Waals surface area contributed by atoms with Gasteiger partial charge in [0.15, 0.2) is 0 Å². The summed E-state index contributed by atoms with van der Waals surface area (Å²) in [7, 11) is 0. The van der Waals surface area contributed by atoms with Crippen molar-refractivity contribution in [2.24, 2.45) is 5.92 Å². The smallest absolute Gasteiger partial charge is 0.255 e. The summed E-state index contributed by atoms with van der Waals surface area (Å²) in [6.07, 6.45) is 3.69. The van der Waals surface area contributed by atoms with Crippen molar-refractivity contribution >= 4 is 11.8 Å². The van der Waals surface area contributed by atoms with E-state index in [0.717, 1.165) is 57.6 Å². The first-order valence-corrected chi connectivity index (χ1v) is 8.92. The van der Waals surface area contributed by atoms with E-state index in [0.29, 0.717) is 11.3 Å². The van der Waals surface area contributed by atoms with Crippen LogP contribution in [0.1, 0.15) is 47.6 Å². The highest BCUT2D eigenvalue weighted by atomic mass is 16.3. The van der Waals surface area contributed by atoms with Gasteiger partial charge in [-0.2, -0.15) is 0 Å². The van der Waals surface area contributed by atoms with Crippen LogP contribution in [0.2, 0.25) is 0 Å². The van der Waals surface area contributed by atoms with Crippen LogP contribution < -0.4 is 10.6 Å². The number of carbonyl (C=O) groups is 2. The minimum Gasteiger partial charge on any atom is -0.466 e. The second kappa shape index (κ2) is 7.38. The van der Waals surface area contributed by atoms with Crippen molar-refractivity contribution in [2.75, 3.05) is 26.2 Å². The van der Waals surface area contributed by atoms with Crippen molar-refractivity contribution < 1.29 is 14.0 Å². The molecule has 0 aliphatic carbocycles. The summed E-state index contributed by atoms with van der Waals surface area (Å²) in [5, 5.41) is 6.38. The molecule has 3 heterocycles. The maximum Gasteiger partial charge on any atom is 0.255 e. The average molecular weight is 333 g/mol. The van der Waals surface area contributed by atoms with Crippen molar-refractivity contribution in [3.63, 3.8) is 0 Å². The van der Waals surface area contributed by atoms with E-state index >= 15 is 0 Å². The molecular formula is C18H27N3O3. The highest BCUT2D eigenvalue weighted by Crippen LogP contribution is 2.19. The lowest BCUT2D eigenvalue weighted by molar-refractivity contribution is -0.137. The van der Waals surface area contributed by atoms with Crippen LogP contribution in [0.25, 0.3) is 0 Å². The number of piperidine rings is 2. The lowest BCUT2D eigenvalue weighted by Crippen LogP contribution is -2.50. The van der Waals surface area contributed by atoms with E-state index in [1.54, 1.807) is 13.0 Å². The number of furan rings is 1. The molecule has 6 nitrogen and oxygen atoms in total. The normalized spacial score (nSPS) is 22.4. The van der Waals surface area contributed by atoms with Crippen LogP contribution in [-0.2, 0) is 4.79 Å². The van der Waals surface area contributed by atoms with Crippen LogP contribution in [0.3, 0.4) is 0 Å². The first kappa shape index (κ1) is 17.0. The van der Waals surface area contributed by atoms with Crippen LogP contribution in [0.15, 0.2) is 10.5 Å². The van der Waals surface area contributed by atoms with Gasteiger partial charge in [-0.25, -0.2) is 0 Å². The van der Waals surface area contributed by atoms with E-state index in [9.17, 15) is 9.59 Å². The molecule has 0 spiro atoms. The monoisotopic (exact) mass is 333 g/mol. The number of carbonyl (C=O) groups excluding carboxylic acids is 2. The predicted molar refractivity (Wildman–Crippen MR) is 90.8 cm³/mol. The summed E-state index contributed by atoms with van der Waals surface area (Å²) in [5.74, 6) is 1.72. The number of nitrogens with zero attached hydrogens (tertiary/aromatic N) is 1. The number of rotatable bonds is 3. The Balaban J connectivity index is 1.49. The lowest BCUT2D eigenvalue weighted by atomic mass is 9.96. The maximum absolute atomic E-state index is 12.5. The fourth-order valence-corrected chi connectivity index (χ4v) is 3.68. The maximum atomic E-state index is 12.5. The van der Waals surface area contributed by atoms with Gasteiger partial charge in [-0.1, -0.05) is 0 Å². The number of amides is 2. The zero-order valence-corrected chi connectivity index (χ0v) is 14.6. The molecule has 0 saturated carbocycles. The zero-order chi connectivity index (χ0) is 17.1. The molecule has 2 aliphatic rings. The average Bonchev–Trinajstić information content (AvgIpc) is 2.94. The van der Waals surface area contributed by atoms with Gasteiger partial charge in [-0.05, 0) is 52.1 Å². The van der Waals surface area contributed by atoms with Gasteiger partial charge in [0, 0.05) is 25.7 Å². The topological polar surface area (TPSA) is 74.6 Å². The number of hydrogen-bond acceptors (Lipinski definition) is 4. The van der Waals surface area contributed by atoms with Crippen LogP contribution in [0.5, 0.6) is 0 Å². The molecule has 3 rings (SSSR count). The third kappa shape index (κ3) is 3.80. The fourth-order valence-electron chi connectivity index (χ4n) is 3.68. The third-order valence-electron chi connectivity index (χ3n) is 5.07. The highest BCUT2D eigenvalue weighted by molar-refractivity contribution is 5.95. The predicted octanol–water partition coefficient (Wildman–Crippen LogP) is 1.62. The molecule has 2 aliphatic heterocycles. The summed E-state index contributed by atoms with van der Waals surface area (Å²) in [4.78, 5) is 26.9. The number of aryl methyl sites for hydroxylation is 2. The molecule has 24 heavy (non-hydrogen) atoms. The minimum atomic E-state index is -0.0781. The summed E-state index contributed by atoms with van der Waals surface area (Å²) in [5.41, 5.74) is 0.610. The summed E-state index contributed by atoms with van der Waals surface area (Å²) < 4.78 is 5.42. The quantitative estimate of drug-likeness (QED) is 0.881. The van der Waals surface area contributed by atoms with Crippen molar-refractivity contribution in [1.82, 2.24) is 15.5 Å². The Morgan fingerprint density at radius 1 is 1.25 bits per heavy atom. The van der Waals surface area contributed by atoms with Crippen molar-refractivity contribution in [1.29, 1.82) is 0 Å². The molecule has 132 valence electrons. The van der Waals surface area contributed by atoms with Crippen molar-refractivity contribution in [3.8, 4) is 0 Å². The Labute approximate surface area is 143 Å². The van der Waals surface area contributed by atoms with E-state index in [1.165, 1.54) is 0 Å². The van der Waals surface area contributed by atoms with E-state index in [4.69, 9.17) is 4.42 Å². The second-order valence-electron chi connectivity index (χ2n) is 6.94. The molecule has 6 heteroatoms. The molecule has 1 aromatic heterocycles. The van der Waals surface area contributed by atoms with Gasteiger partial charge in [-0.15, -0.1) is 0 Å². The van der Waals surface area contributed by atoms with Crippen LogP contribution in [0.4, 0.5) is 0 Å². The van der Waals surface area contributed by atoms with E-state index < -0.39 is 0 Å². The molecular weight excluding hydrogens is 306 g/mol. The molecule has 0 bridgehead atoms. The van der Waals surface area contributed by atoms with E-state index in [1.807, 2.05) is 11.8 Å². The standard InChI is InChI=1S/C18H27N3O3/c1-12-10-16(13(2)24-12)17(22)20-15-5-8-21(9-6-15)18(23)14-4-3-7-19-11-14/h10,14-15,19H,3-9,11H2,1-2H3,(H,20,22). The van der Waals surface area contributed by atoms with Crippen LogP contribution in [0, 0.1) is 19.8 Å². The van der Waals surface area contributed by atoms with E-state index in [2.05, 4.69) is 10.6 Å². The molecule has 0 radical (unpaired) electrons. The molecule has 0 aromatic carbocycles. The largest absolute Gasteiger partial charge is 0.466 e. The molecule has 2 fully saturated rings. The van der Waals surface area contributed by atoms with Gasteiger partial charge in [0.05, 0.1) is 11.5 Å². The van der Waals surface area contributed by atoms with Gasteiger partial charge in [0.2, 0.25) is 5.91 Å². The minimum absolute atomic E-state index is 0.0781. The first-order valence-electron chi connectivity index (χ1n) is 8.92. The second-order valence-corrected chi connectivity index (χ2v) is 6.94. The fraction of sp³-hybridized carbons (Fsp3) is 0.667. The number of hydrogen-bond donors (Lipinski definition) is 2. The van der Waals surface area contributed by atoms with Crippen LogP contribution >= 0.6 is 0 Å². The summed E-state index contributed by atoms with van der Waals surface area (Å²) in [6, 6.07) is 1.90. The Morgan fingerprint density at radius 3 is 2.58 bits per heavy atom. The highest BCUT2D eigenvalue weighted by Gasteiger charge is 2.29. The van der Waals surface area contributed by atoms with E-state index in [-0.39, 0.29) is 23.8 Å². The number of nitrogens with one attached hydrogen (secondary N) is 2. The zero-order valence-electron chi connectivity index (χ0n) is 14.6. The van der Waals surface area contributed by atoms with Crippen LogP contribution in [-0.4, -0.2) is 48.9 Å². The first-order chi connectivity index (χ1) is 11.5. The number of likely N-dealkylation sites (tertiary alicyclic amines) is 1. The van der Waals surface area contributed by atoms with Gasteiger partial charge < -0.3 is 20.0 Å².